The SMILES string of the molecule is CC(C)(C)C1=CCN(Cc2ccc(CN)cn2)CC1. The number of rotatable bonds is 3. The summed E-state index contributed by atoms with van der Waals surface area (Å²) in [6.07, 6.45) is 5.44. The topological polar surface area (TPSA) is 42.1 Å². The van der Waals surface area contributed by atoms with Gasteiger partial charge in [-0.2, -0.15) is 0 Å². The molecule has 2 heterocycles. The molecule has 0 spiro atoms. The Morgan fingerprint density at radius 2 is 2.11 bits per heavy atom. The zero-order valence-corrected chi connectivity index (χ0v) is 12.3. The first-order valence-electron chi connectivity index (χ1n) is 7.05. The number of hydrogen-bond acceptors (Lipinski definition) is 3. The van der Waals surface area contributed by atoms with Crippen molar-refractivity contribution in [1.29, 1.82) is 0 Å². The second kappa shape index (κ2) is 5.85. The van der Waals surface area contributed by atoms with Gasteiger partial charge in [-0.15, -0.1) is 0 Å². The van der Waals surface area contributed by atoms with Crippen molar-refractivity contribution >= 4 is 0 Å². The van der Waals surface area contributed by atoms with Crippen LogP contribution in [0.3, 0.4) is 0 Å². The molecule has 1 aromatic rings. The van der Waals surface area contributed by atoms with E-state index in [1.165, 1.54) is 6.42 Å². The summed E-state index contributed by atoms with van der Waals surface area (Å²) < 4.78 is 0. The molecule has 0 amide bonds. The Labute approximate surface area is 116 Å². The second-order valence-electron chi connectivity index (χ2n) is 6.33. The van der Waals surface area contributed by atoms with Crippen molar-refractivity contribution < 1.29 is 0 Å². The molecular weight excluding hydrogens is 234 g/mol. The van der Waals surface area contributed by atoms with Gasteiger partial charge < -0.3 is 5.73 Å². The van der Waals surface area contributed by atoms with Crippen LogP contribution in [0.4, 0.5) is 0 Å². The van der Waals surface area contributed by atoms with E-state index < -0.39 is 0 Å². The van der Waals surface area contributed by atoms with Gasteiger partial charge in [0.25, 0.3) is 0 Å². The summed E-state index contributed by atoms with van der Waals surface area (Å²) in [7, 11) is 0. The molecular formula is C16H25N3. The molecule has 0 atom stereocenters. The minimum atomic E-state index is 0.313. The first kappa shape index (κ1) is 14.2. The number of pyridine rings is 1. The normalized spacial score (nSPS) is 17.4. The van der Waals surface area contributed by atoms with E-state index in [9.17, 15) is 0 Å². The lowest BCUT2D eigenvalue weighted by molar-refractivity contribution is 0.268. The van der Waals surface area contributed by atoms with E-state index in [2.05, 4.69) is 48.9 Å². The van der Waals surface area contributed by atoms with Crippen LogP contribution in [0, 0.1) is 5.41 Å². The van der Waals surface area contributed by atoms with Crippen molar-refractivity contribution in [3.63, 3.8) is 0 Å². The Kier molecular flexibility index (Phi) is 4.38. The molecule has 3 nitrogen and oxygen atoms in total. The van der Waals surface area contributed by atoms with Crippen molar-refractivity contribution in [2.24, 2.45) is 11.1 Å². The van der Waals surface area contributed by atoms with Gasteiger partial charge in [0.15, 0.2) is 0 Å². The average Bonchev–Trinajstić information content (AvgIpc) is 2.39. The second-order valence-corrected chi connectivity index (χ2v) is 6.33. The van der Waals surface area contributed by atoms with Crippen LogP contribution in [0.25, 0.3) is 0 Å². The van der Waals surface area contributed by atoms with Crippen molar-refractivity contribution in [2.45, 2.75) is 40.3 Å². The van der Waals surface area contributed by atoms with Crippen LogP contribution >= 0.6 is 0 Å². The fourth-order valence-corrected chi connectivity index (χ4v) is 2.43. The lowest BCUT2D eigenvalue weighted by Gasteiger charge is -2.32. The van der Waals surface area contributed by atoms with Gasteiger partial charge >= 0.3 is 0 Å². The van der Waals surface area contributed by atoms with Gasteiger partial charge in [0.1, 0.15) is 0 Å². The lowest BCUT2D eigenvalue weighted by atomic mass is 9.83. The highest BCUT2D eigenvalue weighted by atomic mass is 15.1. The van der Waals surface area contributed by atoms with Gasteiger partial charge in [0.05, 0.1) is 5.69 Å². The number of aromatic nitrogens is 1. The quantitative estimate of drug-likeness (QED) is 0.849. The van der Waals surface area contributed by atoms with Gasteiger partial charge in [-0.05, 0) is 23.5 Å². The zero-order valence-electron chi connectivity index (χ0n) is 12.3. The summed E-state index contributed by atoms with van der Waals surface area (Å²) in [6, 6.07) is 4.16. The number of nitrogens with zero attached hydrogens (tertiary/aromatic N) is 2. The molecule has 2 rings (SSSR count). The maximum Gasteiger partial charge on any atom is 0.0544 e. The van der Waals surface area contributed by atoms with Crippen molar-refractivity contribution in [1.82, 2.24) is 9.88 Å². The first-order chi connectivity index (χ1) is 8.99. The van der Waals surface area contributed by atoms with E-state index in [0.29, 0.717) is 12.0 Å². The van der Waals surface area contributed by atoms with E-state index in [1.807, 2.05) is 6.20 Å². The molecule has 19 heavy (non-hydrogen) atoms. The Morgan fingerprint density at radius 1 is 1.32 bits per heavy atom. The highest BCUT2D eigenvalue weighted by molar-refractivity contribution is 5.16. The smallest absolute Gasteiger partial charge is 0.0544 e. The molecule has 0 fully saturated rings. The highest BCUT2D eigenvalue weighted by Crippen LogP contribution is 2.30. The Morgan fingerprint density at radius 3 is 2.58 bits per heavy atom. The third-order valence-electron chi connectivity index (χ3n) is 3.76. The maximum absolute atomic E-state index is 5.58. The summed E-state index contributed by atoms with van der Waals surface area (Å²) in [4.78, 5) is 6.91. The van der Waals surface area contributed by atoms with Crippen LogP contribution in [-0.2, 0) is 13.1 Å². The van der Waals surface area contributed by atoms with Crippen LogP contribution in [0.15, 0.2) is 30.0 Å². The standard InChI is InChI=1S/C16H25N3/c1-16(2,3)14-6-8-19(9-7-14)12-15-5-4-13(10-17)11-18-15/h4-6,11H,7-10,12,17H2,1-3H3. The van der Waals surface area contributed by atoms with E-state index in [-0.39, 0.29) is 0 Å². The van der Waals surface area contributed by atoms with Gasteiger partial charge in [-0.1, -0.05) is 38.5 Å². The molecule has 1 aliphatic heterocycles. The first-order valence-corrected chi connectivity index (χ1v) is 7.05. The van der Waals surface area contributed by atoms with E-state index in [4.69, 9.17) is 5.73 Å². The lowest BCUT2D eigenvalue weighted by Crippen LogP contribution is -2.31. The fourth-order valence-electron chi connectivity index (χ4n) is 2.43. The molecule has 0 radical (unpaired) electrons. The molecule has 0 aromatic carbocycles. The molecule has 1 aromatic heterocycles. The van der Waals surface area contributed by atoms with E-state index in [0.717, 1.165) is 30.9 Å². The summed E-state index contributed by atoms with van der Waals surface area (Å²) >= 11 is 0. The highest BCUT2D eigenvalue weighted by Gasteiger charge is 2.21. The third kappa shape index (κ3) is 3.88. The predicted molar refractivity (Wildman–Crippen MR) is 79.6 cm³/mol. The molecule has 2 N–H and O–H groups in total. The summed E-state index contributed by atoms with van der Waals surface area (Å²) in [5, 5.41) is 0. The van der Waals surface area contributed by atoms with Crippen molar-refractivity contribution in [2.75, 3.05) is 13.1 Å². The van der Waals surface area contributed by atoms with E-state index >= 15 is 0 Å². The van der Waals surface area contributed by atoms with Crippen LogP contribution in [-0.4, -0.2) is 23.0 Å². The molecule has 3 heteroatoms. The van der Waals surface area contributed by atoms with Gasteiger partial charge in [0.2, 0.25) is 0 Å². The van der Waals surface area contributed by atoms with Gasteiger partial charge in [-0.3, -0.25) is 9.88 Å². The van der Waals surface area contributed by atoms with Crippen LogP contribution in [0.2, 0.25) is 0 Å². The fraction of sp³-hybridized carbons (Fsp3) is 0.562. The number of nitrogens with two attached hydrogens (primary N) is 1. The molecule has 0 unspecified atom stereocenters. The number of hydrogen-bond donors (Lipinski definition) is 1. The molecule has 104 valence electrons. The molecule has 0 bridgehead atoms. The molecule has 0 saturated carbocycles. The summed E-state index contributed by atoms with van der Waals surface area (Å²) in [5.41, 5.74) is 9.70. The van der Waals surface area contributed by atoms with Crippen molar-refractivity contribution in [3.05, 3.63) is 41.2 Å². The summed E-state index contributed by atoms with van der Waals surface area (Å²) in [5.74, 6) is 0. The van der Waals surface area contributed by atoms with Crippen LogP contribution < -0.4 is 5.73 Å². The third-order valence-corrected chi connectivity index (χ3v) is 3.76. The van der Waals surface area contributed by atoms with Crippen LogP contribution in [0.1, 0.15) is 38.4 Å². The minimum absolute atomic E-state index is 0.313. The molecule has 1 aliphatic rings. The molecule has 0 aliphatic carbocycles. The molecule has 0 saturated heterocycles. The van der Waals surface area contributed by atoms with Crippen LogP contribution in [0.5, 0.6) is 0 Å². The zero-order chi connectivity index (χ0) is 13.9. The maximum atomic E-state index is 5.58. The monoisotopic (exact) mass is 259 g/mol. The Bertz CT molecular complexity index is 440. The average molecular weight is 259 g/mol. The van der Waals surface area contributed by atoms with Crippen molar-refractivity contribution in [3.8, 4) is 0 Å². The minimum Gasteiger partial charge on any atom is -0.326 e. The Balaban J connectivity index is 1.93. The van der Waals surface area contributed by atoms with E-state index in [1.54, 1.807) is 5.57 Å². The van der Waals surface area contributed by atoms with Gasteiger partial charge in [-0.25, -0.2) is 0 Å². The Hall–Kier alpha value is -1.19. The van der Waals surface area contributed by atoms with Gasteiger partial charge in [0, 0.05) is 32.4 Å². The summed E-state index contributed by atoms with van der Waals surface area (Å²) in [6.45, 7) is 10.5. The predicted octanol–water partition coefficient (Wildman–Crippen LogP) is 2.72. The largest absolute Gasteiger partial charge is 0.326 e.